The molecule has 2 rings (SSSR count). The fourth-order valence-electron chi connectivity index (χ4n) is 2.42. The molecule has 1 aliphatic carbocycles. The summed E-state index contributed by atoms with van der Waals surface area (Å²) < 4.78 is 79.6. The molecule has 0 aromatic carbocycles. The van der Waals surface area contributed by atoms with E-state index in [4.69, 9.17) is 9.47 Å². The number of halogens is 3. The van der Waals surface area contributed by atoms with E-state index in [-0.39, 0.29) is 5.57 Å². The molecule has 2 aliphatic rings. The first-order valence-electron chi connectivity index (χ1n) is 6.50. The SMILES string of the molecule is COC(=O)C1=C[C@H]2OC(C)(C)O[C@H]2[C@H](OS(=O)(=O)C(F)(F)F)C1. The van der Waals surface area contributed by atoms with E-state index in [1.165, 1.54) is 19.9 Å². The molecule has 1 aliphatic heterocycles. The number of alkyl halides is 3. The Morgan fingerprint density at radius 2 is 1.96 bits per heavy atom. The van der Waals surface area contributed by atoms with Crippen LogP contribution in [-0.4, -0.2) is 51.1 Å². The number of carbonyl (C=O) groups is 1. The first-order chi connectivity index (χ1) is 10.4. The Kier molecular flexibility index (Phi) is 4.52. The zero-order chi connectivity index (χ0) is 17.6. The molecular formula is C12H15F3O7S. The molecule has 1 fully saturated rings. The summed E-state index contributed by atoms with van der Waals surface area (Å²) in [5.74, 6) is -1.98. The molecular weight excluding hydrogens is 345 g/mol. The maximum atomic E-state index is 12.5. The van der Waals surface area contributed by atoms with Crippen molar-refractivity contribution in [2.24, 2.45) is 0 Å². The van der Waals surface area contributed by atoms with Crippen molar-refractivity contribution in [2.45, 2.75) is 49.9 Å². The van der Waals surface area contributed by atoms with E-state index in [9.17, 15) is 26.4 Å². The second-order valence-electron chi connectivity index (χ2n) is 5.49. The Bertz CT molecular complexity index is 623. The first kappa shape index (κ1) is 18.2. The number of carbonyl (C=O) groups excluding carboxylic acids is 1. The van der Waals surface area contributed by atoms with Crippen molar-refractivity contribution in [1.29, 1.82) is 0 Å². The minimum absolute atomic E-state index is 0.0441. The minimum atomic E-state index is -5.84. The van der Waals surface area contributed by atoms with E-state index in [2.05, 4.69) is 8.92 Å². The van der Waals surface area contributed by atoms with Crippen molar-refractivity contribution in [3.8, 4) is 0 Å². The highest BCUT2D eigenvalue weighted by Crippen LogP contribution is 2.39. The third-order valence-electron chi connectivity index (χ3n) is 3.30. The summed E-state index contributed by atoms with van der Waals surface area (Å²) in [5.41, 5.74) is -5.62. The highest BCUT2D eigenvalue weighted by molar-refractivity contribution is 7.87. The van der Waals surface area contributed by atoms with Crippen LogP contribution < -0.4 is 0 Å². The number of hydrogen-bond acceptors (Lipinski definition) is 7. The lowest BCUT2D eigenvalue weighted by Gasteiger charge is -2.29. The van der Waals surface area contributed by atoms with E-state index >= 15 is 0 Å². The number of esters is 1. The predicted octanol–water partition coefficient (Wildman–Crippen LogP) is 1.24. The molecule has 7 nitrogen and oxygen atoms in total. The van der Waals surface area contributed by atoms with Gasteiger partial charge in [-0.05, 0) is 19.9 Å². The van der Waals surface area contributed by atoms with E-state index in [0.29, 0.717) is 0 Å². The van der Waals surface area contributed by atoms with E-state index in [1.54, 1.807) is 0 Å². The van der Waals surface area contributed by atoms with Crippen LogP contribution in [0.4, 0.5) is 13.2 Å². The fraction of sp³-hybridized carbons (Fsp3) is 0.750. The van der Waals surface area contributed by atoms with Crippen LogP contribution in [0.5, 0.6) is 0 Å². The van der Waals surface area contributed by atoms with Crippen LogP contribution in [0.2, 0.25) is 0 Å². The van der Waals surface area contributed by atoms with Crippen LogP contribution >= 0.6 is 0 Å². The Labute approximate surface area is 130 Å². The Balaban J connectivity index is 2.32. The van der Waals surface area contributed by atoms with Gasteiger partial charge in [-0.15, -0.1) is 0 Å². The van der Waals surface area contributed by atoms with Crippen LogP contribution in [0.1, 0.15) is 20.3 Å². The van der Waals surface area contributed by atoms with Gasteiger partial charge >= 0.3 is 21.6 Å². The van der Waals surface area contributed by atoms with Gasteiger partial charge in [0.25, 0.3) is 0 Å². The van der Waals surface area contributed by atoms with E-state index < -0.39 is 52.1 Å². The van der Waals surface area contributed by atoms with Crippen molar-refractivity contribution < 1.29 is 44.8 Å². The van der Waals surface area contributed by atoms with Crippen LogP contribution in [-0.2, 0) is 33.3 Å². The molecule has 0 N–H and O–H groups in total. The number of hydrogen-bond donors (Lipinski definition) is 0. The zero-order valence-corrected chi connectivity index (χ0v) is 13.2. The molecule has 1 heterocycles. The average Bonchev–Trinajstić information content (AvgIpc) is 2.70. The van der Waals surface area contributed by atoms with E-state index in [0.717, 1.165) is 7.11 Å². The lowest BCUT2D eigenvalue weighted by Crippen LogP contribution is -2.44. The van der Waals surface area contributed by atoms with Crippen LogP contribution in [0.3, 0.4) is 0 Å². The lowest BCUT2D eigenvalue weighted by atomic mass is 9.92. The summed E-state index contributed by atoms with van der Waals surface area (Å²) in [4.78, 5) is 11.6. The second-order valence-corrected chi connectivity index (χ2v) is 7.05. The molecule has 0 saturated carbocycles. The van der Waals surface area contributed by atoms with Crippen LogP contribution in [0.25, 0.3) is 0 Å². The number of fused-ring (bicyclic) bond motifs is 1. The zero-order valence-electron chi connectivity index (χ0n) is 12.4. The minimum Gasteiger partial charge on any atom is -0.466 e. The maximum Gasteiger partial charge on any atom is 0.523 e. The van der Waals surface area contributed by atoms with Gasteiger partial charge in [0.15, 0.2) is 5.79 Å². The summed E-state index contributed by atoms with van der Waals surface area (Å²) in [6.45, 7) is 3.01. The van der Waals surface area contributed by atoms with Gasteiger partial charge in [0.2, 0.25) is 0 Å². The van der Waals surface area contributed by atoms with Gasteiger partial charge in [0.05, 0.1) is 7.11 Å². The molecule has 0 aromatic rings. The molecule has 3 atom stereocenters. The largest absolute Gasteiger partial charge is 0.523 e. The van der Waals surface area contributed by atoms with Crippen molar-refractivity contribution in [2.75, 3.05) is 7.11 Å². The van der Waals surface area contributed by atoms with Gasteiger partial charge in [0.1, 0.15) is 18.3 Å². The molecule has 0 bridgehead atoms. The first-order valence-corrected chi connectivity index (χ1v) is 7.91. The van der Waals surface area contributed by atoms with Crippen molar-refractivity contribution >= 4 is 16.1 Å². The highest BCUT2D eigenvalue weighted by Gasteiger charge is 2.54. The topological polar surface area (TPSA) is 88.1 Å². The summed E-state index contributed by atoms with van der Waals surface area (Å²) in [7, 11) is -4.75. The quantitative estimate of drug-likeness (QED) is 0.425. The third kappa shape index (κ3) is 3.67. The van der Waals surface area contributed by atoms with Crippen molar-refractivity contribution in [1.82, 2.24) is 0 Å². The van der Waals surface area contributed by atoms with Crippen LogP contribution in [0.15, 0.2) is 11.6 Å². The van der Waals surface area contributed by atoms with Crippen molar-refractivity contribution in [3.63, 3.8) is 0 Å². The van der Waals surface area contributed by atoms with Crippen molar-refractivity contribution in [3.05, 3.63) is 11.6 Å². The summed E-state index contributed by atoms with van der Waals surface area (Å²) >= 11 is 0. The fourth-order valence-corrected chi connectivity index (χ4v) is 3.03. The smallest absolute Gasteiger partial charge is 0.466 e. The Hall–Kier alpha value is -1.17. The summed E-state index contributed by atoms with van der Waals surface area (Å²) in [6.07, 6.45) is -2.67. The molecule has 132 valence electrons. The molecule has 0 aromatic heterocycles. The van der Waals surface area contributed by atoms with Gasteiger partial charge in [-0.3, -0.25) is 4.18 Å². The summed E-state index contributed by atoms with van der Waals surface area (Å²) in [5, 5.41) is 0. The van der Waals surface area contributed by atoms with Gasteiger partial charge in [0, 0.05) is 12.0 Å². The van der Waals surface area contributed by atoms with Crippen LogP contribution in [0, 0.1) is 0 Å². The summed E-state index contributed by atoms with van der Waals surface area (Å²) in [6, 6.07) is 0. The molecule has 11 heteroatoms. The molecule has 0 radical (unpaired) electrons. The predicted molar refractivity (Wildman–Crippen MR) is 68.4 cm³/mol. The van der Waals surface area contributed by atoms with E-state index in [1.807, 2.05) is 0 Å². The Morgan fingerprint density at radius 1 is 1.35 bits per heavy atom. The monoisotopic (exact) mass is 360 g/mol. The van der Waals surface area contributed by atoms with Gasteiger partial charge < -0.3 is 14.2 Å². The Morgan fingerprint density at radius 3 is 2.48 bits per heavy atom. The number of methoxy groups -OCH3 is 1. The van der Waals surface area contributed by atoms with Gasteiger partial charge in [-0.25, -0.2) is 4.79 Å². The normalized spacial score (nSPS) is 30.5. The highest BCUT2D eigenvalue weighted by atomic mass is 32.2. The molecule has 0 spiro atoms. The maximum absolute atomic E-state index is 12.5. The molecule has 23 heavy (non-hydrogen) atoms. The molecule has 0 amide bonds. The number of rotatable bonds is 3. The molecule has 0 unspecified atom stereocenters. The third-order valence-corrected chi connectivity index (χ3v) is 4.37. The standard InChI is InChI=1S/C12H15F3O7S/c1-11(2)20-7-4-6(10(16)19-3)5-8(9(7)21-11)22-23(17,18)12(13,14)15/h4,7-9H,5H2,1-3H3/t7-,8-,9-/m1/s1. The second kappa shape index (κ2) is 5.72. The number of ether oxygens (including phenoxy) is 3. The van der Waals surface area contributed by atoms with Gasteiger partial charge in [-0.2, -0.15) is 21.6 Å². The van der Waals surface area contributed by atoms with Gasteiger partial charge in [-0.1, -0.05) is 0 Å². The average molecular weight is 360 g/mol. The lowest BCUT2D eigenvalue weighted by molar-refractivity contribution is -0.151. The molecule has 1 saturated heterocycles.